The van der Waals surface area contributed by atoms with E-state index in [1.165, 1.54) is 0 Å². The third kappa shape index (κ3) is 2.77. The Kier molecular flexibility index (Phi) is 4.43. The third-order valence-electron chi connectivity index (χ3n) is 4.13. The SMILES string of the molecule is CCCS(=O)(=O)N1CCCC1C1CCCCC1=O. The fourth-order valence-corrected chi connectivity index (χ4v) is 5.13. The highest BCUT2D eigenvalue weighted by Crippen LogP contribution is 2.34. The molecule has 0 aromatic rings. The van der Waals surface area contributed by atoms with Gasteiger partial charge in [0.15, 0.2) is 0 Å². The number of carbonyl (C=O) groups excluding carboxylic acids is 1. The van der Waals surface area contributed by atoms with Gasteiger partial charge < -0.3 is 0 Å². The molecule has 0 bridgehead atoms. The van der Waals surface area contributed by atoms with Crippen molar-refractivity contribution in [2.24, 2.45) is 5.92 Å². The van der Waals surface area contributed by atoms with Gasteiger partial charge in [-0.2, -0.15) is 4.31 Å². The average Bonchev–Trinajstić information content (AvgIpc) is 2.79. The number of hydrogen-bond acceptors (Lipinski definition) is 3. The Labute approximate surface area is 110 Å². The molecule has 0 spiro atoms. The predicted octanol–water partition coefficient (Wildman–Crippen LogP) is 1.95. The molecule has 0 radical (unpaired) electrons. The topological polar surface area (TPSA) is 54.5 Å². The summed E-state index contributed by atoms with van der Waals surface area (Å²) < 4.78 is 26.0. The highest BCUT2D eigenvalue weighted by atomic mass is 32.2. The lowest BCUT2D eigenvalue weighted by molar-refractivity contribution is -0.126. The minimum atomic E-state index is -3.15. The summed E-state index contributed by atoms with van der Waals surface area (Å²) in [5.41, 5.74) is 0. The molecule has 104 valence electrons. The van der Waals surface area contributed by atoms with E-state index in [1.807, 2.05) is 6.92 Å². The molecule has 2 unspecified atom stereocenters. The number of hydrogen-bond donors (Lipinski definition) is 0. The van der Waals surface area contributed by atoms with Crippen LogP contribution in [0.4, 0.5) is 0 Å². The predicted molar refractivity (Wildman–Crippen MR) is 70.8 cm³/mol. The minimum absolute atomic E-state index is 0.0344. The molecular formula is C13H23NO3S. The van der Waals surface area contributed by atoms with Crippen molar-refractivity contribution in [3.8, 4) is 0 Å². The van der Waals surface area contributed by atoms with Crippen molar-refractivity contribution in [3.63, 3.8) is 0 Å². The maximum atomic E-state index is 12.2. The van der Waals surface area contributed by atoms with Crippen LogP contribution in [-0.2, 0) is 14.8 Å². The molecule has 0 aromatic carbocycles. The zero-order valence-corrected chi connectivity index (χ0v) is 11.9. The van der Waals surface area contributed by atoms with Gasteiger partial charge in [-0.1, -0.05) is 13.3 Å². The maximum absolute atomic E-state index is 12.2. The van der Waals surface area contributed by atoms with Crippen molar-refractivity contribution in [2.75, 3.05) is 12.3 Å². The first-order valence-corrected chi connectivity index (χ1v) is 8.69. The van der Waals surface area contributed by atoms with E-state index >= 15 is 0 Å². The molecule has 0 N–H and O–H groups in total. The van der Waals surface area contributed by atoms with E-state index in [0.29, 0.717) is 19.4 Å². The molecular weight excluding hydrogens is 250 g/mol. The van der Waals surface area contributed by atoms with E-state index in [1.54, 1.807) is 4.31 Å². The highest BCUT2D eigenvalue weighted by Gasteiger charge is 2.41. The largest absolute Gasteiger partial charge is 0.299 e. The van der Waals surface area contributed by atoms with E-state index in [4.69, 9.17) is 0 Å². The van der Waals surface area contributed by atoms with Gasteiger partial charge in [0.05, 0.1) is 5.75 Å². The summed E-state index contributed by atoms with van der Waals surface area (Å²) in [7, 11) is -3.15. The average molecular weight is 273 g/mol. The maximum Gasteiger partial charge on any atom is 0.214 e. The van der Waals surface area contributed by atoms with Crippen LogP contribution in [-0.4, -0.2) is 36.8 Å². The van der Waals surface area contributed by atoms with E-state index in [0.717, 1.165) is 32.1 Å². The summed E-state index contributed by atoms with van der Waals surface area (Å²) in [5, 5.41) is 0. The Morgan fingerprint density at radius 3 is 2.67 bits per heavy atom. The lowest BCUT2D eigenvalue weighted by atomic mass is 9.82. The third-order valence-corrected chi connectivity index (χ3v) is 6.23. The number of rotatable bonds is 4. The fraction of sp³-hybridized carbons (Fsp3) is 0.923. The van der Waals surface area contributed by atoms with Crippen molar-refractivity contribution in [3.05, 3.63) is 0 Å². The van der Waals surface area contributed by atoms with Crippen LogP contribution in [0.3, 0.4) is 0 Å². The Morgan fingerprint density at radius 1 is 1.22 bits per heavy atom. The molecule has 5 heteroatoms. The van der Waals surface area contributed by atoms with Gasteiger partial charge in [0.1, 0.15) is 5.78 Å². The van der Waals surface area contributed by atoms with Crippen molar-refractivity contribution in [1.82, 2.24) is 4.31 Å². The molecule has 1 saturated heterocycles. The quantitative estimate of drug-likeness (QED) is 0.786. The van der Waals surface area contributed by atoms with Gasteiger partial charge in [-0.05, 0) is 32.1 Å². The molecule has 0 amide bonds. The number of nitrogens with zero attached hydrogens (tertiary/aromatic N) is 1. The molecule has 2 fully saturated rings. The van der Waals surface area contributed by atoms with Gasteiger partial charge in [0.2, 0.25) is 10.0 Å². The number of sulfonamides is 1. The first-order chi connectivity index (χ1) is 8.56. The Balaban J connectivity index is 2.14. The molecule has 18 heavy (non-hydrogen) atoms. The lowest BCUT2D eigenvalue weighted by Crippen LogP contribution is -2.44. The van der Waals surface area contributed by atoms with Crippen molar-refractivity contribution < 1.29 is 13.2 Å². The van der Waals surface area contributed by atoms with Gasteiger partial charge in [-0.15, -0.1) is 0 Å². The van der Waals surface area contributed by atoms with Gasteiger partial charge in [0.25, 0.3) is 0 Å². The first-order valence-electron chi connectivity index (χ1n) is 7.08. The van der Waals surface area contributed by atoms with Crippen LogP contribution >= 0.6 is 0 Å². The number of Topliss-reactive ketones (excluding diaryl/α,β-unsaturated/α-hetero) is 1. The van der Waals surface area contributed by atoms with Crippen LogP contribution in [0.2, 0.25) is 0 Å². The molecule has 1 saturated carbocycles. The summed E-state index contributed by atoms with van der Waals surface area (Å²) in [5.74, 6) is 0.461. The molecule has 1 aliphatic heterocycles. The van der Waals surface area contributed by atoms with Crippen LogP contribution in [0.25, 0.3) is 0 Å². The highest BCUT2D eigenvalue weighted by molar-refractivity contribution is 7.89. The zero-order chi connectivity index (χ0) is 13.2. The van der Waals surface area contributed by atoms with Gasteiger partial charge in [-0.25, -0.2) is 8.42 Å². The Bertz CT molecular complexity index is 404. The molecule has 1 heterocycles. The van der Waals surface area contributed by atoms with Crippen molar-refractivity contribution in [2.45, 2.75) is 57.9 Å². The smallest absolute Gasteiger partial charge is 0.214 e. The summed E-state index contributed by atoms with van der Waals surface area (Å²) in [6, 6.07) is -0.0469. The molecule has 1 aliphatic carbocycles. The molecule has 2 aliphatic rings. The van der Waals surface area contributed by atoms with Gasteiger partial charge >= 0.3 is 0 Å². The second kappa shape index (κ2) is 5.70. The van der Waals surface area contributed by atoms with Crippen LogP contribution in [0, 0.1) is 5.92 Å². The first kappa shape index (κ1) is 14.0. The second-order valence-corrected chi connectivity index (χ2v) is 7.50. The van der Waals surface area contributed by atoms with Gasteiger partial charge in [-0.3, -0.25) is 4.79 Å². The number of ketones is 1. The summed E-state index contributed by atoms with van der Waals surface area (Å²) >= 11 is 0. The van der Waals surface area contributed by atoms with Crippen LogP contribution < -0.4 is 0 Å². The van der Waals surface area contributed by atoms with Crippen LogP contribution in [0.5, 0.6) is 0 Å². The Morgan fingerprint density at radius 2 is 2.00 bits per heavy atom. The molecule has 2 rings (SSSR count). The molecule has 4 nitrogen and oxygen atoms in total. The second-order valence-electron chi connectivity index (χ2n) is 5.45. The Hall–Kier alpha value is -0.420. The van der Waals surface area contributed by atoms with E-state index < -0.39 is 10.0 Å². The monoisotopic (exact) mass is 273 g/mol. The summed E-state index contributed by atoms with van der Waals surface area (Å²) in [4.78, 5) is 12.0. The van der Waals surface area contributed by atoms with Crippen LogP contribution in [0.15, 0.2) is 0 Å². The van der Waals surface area contributed by atoms with E-state index in [2.05, 4.69) is 0 Å². The normalized spacial score (nSPS) is 30.8. The zero-order valence-electron chi connectivity index (χ0n) is 11.1. The summed E-state index contributed by atoms with van der Waals surface area (Å²) in [6.07, 6.45) is 5.96. The molecule has 2 atom stereocenters. The van der Waals surface area contributed by atoms with E-state index in [-0.39, 0.29) is 23.5 Å². The lowest BCUT2D eigenvalue weighted by Gasteiger charge is -2.32. The summed E-state index contributed by atoms with van der Waals surface area (Å²) in [6.45, 7) is 2.49. The number of carbonyl (C=O) groups is 1. The van der Waals surface area contributed by atoms with E-state index in [9.17, 15) is 13.2 Å². The van der Waals surface area contributed by atoms with Crippen LogP contribution in [0.1, 0.15) is 51.9 Å². The standard InChI is InChI=1S/C13H23NO3S/c1-2-10-18(16,17)14-9-5-7-12(14)11-6-3-4-8-13(11)15/h11-12H,2-10H2,1H3. The van der Waals surface area contributed by atoms with Crippen molar-refractivity contribution in [1.29, 1.82) is 0 Å². The fourth-order valence-electron chi connectivity index (χ4n) is 3.31. The van der Waals surface area contributed by atoms with Crippen molar-refractivity contribution >= 4 is 15.8 Å². The molecule has 0 aromatic heterocycles. The minimum Gasteiger partial charge on any atom is -0.299 e. The van der Waals surface area contributed by atoms with Gasteiger partial charge in [0, 0.05) is 24.9 Å².